The topological polar surface area (TPSA) is 120 Å². The lowest BCUT2D eigenvalue weighted by molar-refractivity contribution is 0.483. The van der Waals surface area contributed by atoms with Crippen LogP contribution in [-0.2, 0) is 10.1 Å². The molecule has 0 bridgehead atoms. The Hall–Kier alpha value is -3.49. The Kier molecular flexibility index (Phi) is 3.71. The van der Waals surface area contributed by atoms with Crippen molar-refractivity contribution in [2.24, 2.45) is 0 Å². The van der Waals surface area contributed by atoms with E-state index in [0.717, 1.165) is 11.1 Å². The quantitative estimate of drug-likeness (QED) is 0.283. The van der Waals surface area contributed by atoms with Crippen molar-refractivity contribution < 1.29 is 13.0 Å². The van der Waals surface area contributed by atoms with Gasteiger partial charge < -0.3 is 9.97 Å². The first kappa shape index (κ1) is 18.5. The molecule has 30 heavy (non-hydrogen) atoms. The van der Waals surface area contributed by atoms with Gasteiger partial charge in [0.25, 0.3) is 10.1 Å². The number of H-pyrrole nitrogens is 2. The molecule has 0 fully saturated rings. The number of aromatic amines is 2. The maximum Gasteiger partial charge on any atom is 0.294 e. The molecule has 150 valence electrons. The zero-order valence-corrected chi connectivity index (χ0v) is 16.8. The summed E-state index contributed by atoms with van der Waals surface area (Å²) >= 11 is 0. The second-order valence-corrected chi connectivity index (χ2v) is 8.89. The highest BCUT2D eigenvalue weighted by molar-refractivity contribution is 7.85. The number of rotatable bonds is 1. The molecule has 2 heterocycles. The molecule has 0 saturated carbocycles. The predicted octanol–water partition coefficient (Wildman–Crippen LogP) is 3.54. The lowest BCUT2D eigenvalue weighted by Gasteiger charge is -2.09. The van der Waals surface area contributed by atoms with Crippen molar-refractivity contribution in [1.29, 1.82) is 0 Å². The zero-order valence-electron chi connectivity index (χ0n) is 16.0. The van der Waals surface area contributed by atoms with E-state index in [4.69, 9.17) is 0 Å². The van der Waals surface area contributed by atoms with Crippen molar-refractivity contribution in [1.82, 2.24) is 9.97 Å². The van der Waals surface area contributed by atoms with Gasteiger partial charge in [-0.2, -0.15) is 8.42 Å². The van der Waals surface area contributed by atoms with Crippen molar-refractivity contribution in [3.8, 4) is 0 Å². The van der Waals surface area contributed by atoms with Gasteiger partial charge in [0.15, 0.2) is 10.9 Å². The standard InChI is InChI=1S/C22H16N2O5S/c1-10-3-6-16-20(11(10)2)22(26)15-9-18-14(8-19(15)23-16)21(25)13-5-4-12(30(27,28)29)7-17(13)24-18/h3-9H,1-2H3,(H,23,26)(H,24,25)(H,27,28,29). The van der Waals surface area contributed by atoms with E-state index in [1.807, 2.05) is 26.0 Å². The summed E-state index contributed by atoms with van der Waals surface area (Å²) in [4.78, 5) is 32.2. The van der Waals surface area contributed by atoms with Crippen LogP contribution in [0.5, 0.6) is 0 Å². The van der Waals surface area contributed by atoms with Gasteiger partial charge >= 0.3 is 0 Å². The summed E-state index contributed by atoms with van der Waals surface area (Å²) < 4.78 is 32.2. The molecule has 0 atom stereocenters. The zero-order chi connectivity index (χ0) is 21.4. The minimum Gasteiger partial charge on any atom is -0.354 e. The van der Waals surface area contributed by atoms with Crippen molar-refractivity contribution in [3.05, 3.63) is 74.0 Å². The van der Waals surface area contributed by atoms with Gasteiger partial charge in [-0.3, -0.25) is 14.1 Å². The molecular weight excluding hydrogens is 404 g/mol. The van der Waals surface area contributed by atoms with E-state index >= 15 is 0 Å². The van der Waals surface area contributed by atoms with Crippen LogP contribution >= 0.6 is 0 Å². The summed E-state index contributed by atoms with van der Waals surface area (Å²) in [6.07, 6.45) is 0. The van der Waals surface area contributed by atoms with E-state index in [2.05, 4.69) is 9.97 Å². The highest BCUT2D eigenvalue weighted by atomic mass is 32.2. The van der Waals surface area contributed by atoms with Crippen LogP contribution in [0.2, 0.25) is 0 Å². The van der Waals surface area contributed by atoms with E-state index in [1.165, 1.54) is 18.2 Å². The Morgan fingerprint density at radius 1 is 0.733 bits per heavy atom. The first-order chi connectivity index (χ1) is 14.1. The van der Waals surface area contributed by atoms with Crippen LogP contribution in [-0.4, -0.2) is 22.9 Å². The lowest BCUT2D eigenvalue weighted by atomic mass is 10.0. The third-order valence-electron chi connectivity index (χ3n) is 5.68. The maximum atomic E-state index is 13.2. The minimum atomic E-state index is -4.41. The van der Waals surface area contributed by atoms with Crippen LogP contribution in [0.25, 0.3) is 43.6 Å². The Morgan fingerprint density at radius 3 is 2.00 bits per heavy atom. The van der Waals surface area contributed by atoms with Gasteiger partial charge in [0.05, 0.1) is 27.0 Å². The summed E-state index contributed by atoms with van der Waals surface area (Å²) in [5.74, 6) is 0. The number of nitrogens with one attached hydrogen (secondary N) is 2. The first-order valence-corrected chi connectivity index (χ1v) is 10.6. The number of hydrogen-bond acceptors (Lipinski definition) is 4. The Balaban J connectivity index is 1.95. The van der Waals surface area contributed by atoms with Crippen molar-refractivity contribution in [2.45, 2.75) is 18.7 Å². The average Bonchev–Trinajstić information content (AvgIpc) is 2.69. The fourth-order valence-electron chi connectivity index (χ4n) is 3.95. The van der Waals surface area contributed by atoms with Crippen molar-refractivity contribution >= 4 is 53.7 Å². The van der Waals surface area contributed by atoms with E-state index < -0.39 is 10.1 Å². The monoisotopic (exact) mass is 420 g/mol. The SMILES string of the molecule is Cc1ccc2[nH]c3cc4c(=O)c5ccc(S(=O)(=O)O)cc5[nH]c4cc3c(=O)c2c1C. The molecule has 0 unspecified atom stereocenters. The summed E-state index contributed by atoms with van der Waals surface area (Å²) in [5.41, 5.74) is 3.35. The largest absolute Gasteiger partial charge is 0.354 e. The van der Waals surface area contributed by atoms with Crippen LogP contribution in [0, 0.1) is 13.8 Å². The second-order valence-electron chi connectivity index (χ2n) is 7.46. The smallest absolute Gasteiger partial charge is 0.294 e. The van der Waals surface area contributed by atoms with Gasteiger partial charge in [0, 0.05) is 21.5 Å². The molecule has 3 N–H and O–H groups in total. The predicted molar refractivity (Wildman–Crippen MR) is 117 cm³/mol. The molecule has 7 nitrogen and oxygen atoms in total. The number of fused-ring (bicyclic) bond motifs is 4. The molecule has 0 radical (unpaired) electrons. The molecule has 0 amide bonds. The van der Waals surface area contributed by atoms with Crippen LogP contribution in [0.3, 0.4) is 0 Å². The van der Waals surface area contributed by atoms with Gasteiger partial charge in [-0.05, 0) is 61.4 Å². The molecular formula is C22H16N2O5S. The highest BCUT2D eigenvalue weighted by Gasteiger charge is 2.15. The molecule has 5 aromatic rings. The average molecular weight is 420 g/mol. The highest BCUT2D eigenvalue weighted by Crippen LogP contribution is 2.24. The number of aryl methyl sites for hydroxylation is 2. The van der Waals surface area contributed by atoms with Gasteiger partial charge in [-0.1, -0.05) is 6.07 Å². The van der Waals surface area contributed by atoms with Crippen LogP contribution in [0.4, 0.5) is 0 Å². The first-order valence-electron chi connectivity index (χ1n) is 9.18. The van der Waals surface area contributed by atoms with E-state index in [9.17, 15) is 22.6 Å². The Labute approximate surface area is 169 Å². The fraction of sp³-hybridized carbons (Fsp3) is 0.0909. The number of aromatic nitrogens is 2. The summed E-state index contributed by atoms with van der Waals surface area (Å²) in [6, 6.07) is 10.8. The molecule has 5 rings (SSSR count). The maximum absolute atomic E-state index is 13.2. The third-order valence-corrected chi connectivity index (χ3v) is 6.53. The van der Waals surface area contributed by atoms with E-state index in [1.54, 1.807) is 12.1 Å². The molecule has 8 heteroatoms. The molecule has 3 aromatic carbocycles. The normalized spacial score (nSPS) is 12.4. The van der Waals surface area contributed by atoms with Gasteiger partial charge in [-0.15, -0.1) is 0 Å². The molecule has 2 aromatic heterocycles. The molecule has 0 aliphatic rings. The fourth-order valence-corrected chi connectivity index (χ4v) is 4.46. The van der Waals surface area contributed by atoms with Crippen molar-refractivity contribution in [2.75, 3.05) is 0 Å². The van der Waals surface area contributed by atoms with E-state index in [0.29, 0.717) is 32.7 Å². The number of benzene rings is 3. The van der Waals surface area contributed by atoms with Gasteiger partial charge in [0.1, 0.15) is 0 Å². The Morgan fingerprint density at radius 2 is 1.33 bits per heavy atom. The molecule has 0 aliphatic heterocycles. The number of hydrogen-bond donors (Lipinski definition) is 3. The summed E-state index contributed by atoms with van der Waals surface area (Å²) in [5, 5.41) is 1.67. The molecule has 0 aliphatic carbocycles. The molecule has 0 spiro atoms. The van der Waals surface area contributed by atoms with Gasteiger partial charge in [-0.25, -0.2) is 0 Å². The summed E-state index contributed by atoms with van der Waals surface area (Å²) in [7, 11) is -4.41. The third kappa shape index (κ3) is 2.58. The number of pyridine rings is 2. The molecule has 0 saturated heterocycles. The van der Waals surface area contributed by atoms with Crippen molar-refractivity contribution in [3.63, 3.8) is 0 Å². The van der Waals surface area contributed by atoms with Crippen LogP contribution < -0.4 is 10.9 Å². The lowest BCUT2D eigenvalue weighted by Crippen LogP contribution is -2.10. The minimum absolute atomic E-state index is 0.144. The second kappa shape index (κ2) is 6.01. The summed E-state index contributed by atoms with van der Waals surface area (Å²) in [6.45, 7) is 3.83. The Bertz CT molecular complexity index is 1780. The van der Waals surface area contributed by atoms with Crippen LogP contribution in [0.1, 0.15) is 11.1 Å². The van der Waals surface area contributed by atoms with E-state index in [-0.39, 0.29) is 26.7 Å². The van der Waals surface area contributed by atoms with Crippen LogP contribution in [0.15, 0.2) is 56.9 Å². The van der Waals surface area contributed by atoms with Gasteiger partial charge in [0.2, 0.25) is 0 Å².